The molecule has 0 radical (unpaired) electrons. The molecule has 0 amide bonds. The van der Waals surface area contributed by atoms with E-state index in [2.05, 4.69) is 22.0 Å². The van der Waals surface area contributed by atoms with Crippen molar-refractivity contribution in [3.8, 4) is 17.1 Å². The van der Waals surface area contributed by atoms with E-state index in [-0.39, 0.29) is 5.56 Å². The van der Waals surface area contributed by atoms with Gasteiger partial charge in [0.15, 0.2) is 5.82 Å². The molecular weight excluding hydrogens is 360 g/mol. The highest BCUT2D eigenvalue weighted by Gasteiger charge is 2.12. The van der Waals surface area contributed by atoms with Gasteiger partial charge in [-0.05, 0) is 30.7 Å². The molecular formula is C20H18N4O2S. The number of hydrogen-bond acceptors (Lipinski definition) is 6. The Bertz CT molecular complexity index is 1170. The van der Waals surface area contributed by atoms with Crippen LogP contribution in [0.5, 0.6) is 5.75 Å². The van der Waals surface area contributed by atoms with E-state index in [0.29, 0.717) is 21.9 Å². The Morgan fingerprint density at radius 3 is 2.89 bits per heavy atom. The van der Waals surface area contributed by atoms with Crippen molar-refractivity contribution in [2.45, 2.75) is 19.8 Å². The van der Waals surface area contributed by atoms with Crippen molar-refractivity contribution in [3.05, 3.63) is 69.2 Å². The Morgan fingerprint density at radius 2 is 2.11 bits per heavy atom. The van der Waals surface area contributed by atoms with Gasteiger partial charge in [0.2, 0.25) is 4.96 Å². The first kappa shape index (κ1) is 17.4. The number of thiazole rings is 1. The van der Waals surface area contributed by atoms with Crippen LogP contribution in [0.4, 0.5) is 0 Å². The summed E-state index contributed by atoms with van der Waals surface area (Å²) in [7, 11) is 0. The standard InChI is InChI=1S/C20H18N4O2S/c1-2-3-11-26-16-9-5-4-7-14(16)12-17-19(25)24-20(27-17)22-18(23-24)15-8-6-10-21-13-15/h4-10,12-13H,2-3,11H2,1H3/b17-12-. The molecule has 0 unspecified atom stereocenters. The number of hydrogen-bond donors (Lipinski definition) is 0. The van der Waals surface area contributed by atoms with E-state index in [1.807, 2.05) is 42.5 Å². The quantitative estimate of drug-likeness (QED) is 0.483. The van der Waals surface area contributed by atoms with Gasteiger partial charge in [-0.25, -0.2) is 0 Å². The number of aromatic nitrogens is 4. The second kappa shape index (κ2) is 7.67. The van der Waals surface area contributed by atoms with Crippen molar-refractivity contribution >= 4 is 22.4 Å². The normalized spacial score (nSPS) is 12.0. The molecule has 0 bridgehead atoms. The van der Waals surface area contributed by atoms with E-state index in [4.69, 9.17) is 4.74 Å². The minimum Gasteiger partial charge on any atom is -0.493 e. The van der Waals surface area contributed by atoms with Crippen LogP contribution in [0.3, 0.4) is 0 Å². The van der Waals surface area contributed by atoms with E-state index >= 15 is 0 Å². The molecule has 3 heterocycles. The van der Waals surface area contributed by atoms with E-state index in [0.717, 1.165) is 29.7 Å². The molecule has 0 saturated heterocycles. The third-order valence-corrected chi connectivity index (χ3v) is 5.02. The van der Waals surface area contributed by atoms with E-state index in [1.165, 1.54) is 15.9 Å². The molecule has 3 aromatic heterocycles. The summed E-state index contributed by atoms with van der Waals surface area (Å²) in [4.78, 5) is 21.8. The first-order valence-corrected chi connectivity index (χ1v) is 9.61. The van der Waals surface area contributed by atoms with Gasteiger partial charge < -0.3 is 4.74 Å². The zero-order valence-corrected chi connectivity index (χ0v) is 15.6. The fraction of sp³-hybridized carbons (Fsp3) is 0.200. The second-order valence-corrected chi connectivity index (χ2v) is 7.04. The van der Waals surface area contributed by atoms with Gasteiger partial charge in [0.05, 0.1) is 11.1 Å². The minimum atomic E-state index is -0.180. The van der Waals surface area contributed by atoms with Crippen LogP contribution in [0.1, 0.15) is 25.3 Å². The van der Waals surface area contributed by atoms with Crippen molar-refractivity contribution in [1.29, 1.82) is 0 Å². The van der Waals surface area contributed by atoms with E-state index in [1.54, 1.807) is 12.4 Å². The highest BCUT2D eigenvalue weighted by molar-refractivity contribution is 7.15. The first-order chi connectivity index (χ1) is 13.3. The second-order valence-electron chi connectivity index (χ2n) is 6.03. The predicted molar refractivity (Wildman–Crippen MR) is 106 cm³/mol. The summed E-state index contributed by atoms with van der Waals surface area (Å²) in [6.07, 6.45) is 7.28. The third-order valence-electron chi connectivity index (χ3n) is 4.06. The highest BCUT2D eigenvalue weighted by Crippen LogP contribution is 2.19. The number of fused-ring (bicyclic) bond motifs is 1. The number of unbranched alkanes of at least 4 members (excludes halogenated alkanes) is 1. The molecule has 4 rings (SSSR count). The lowest BCUT2D eigenvalue weighted by molar-refractivity contribution is 0.309. The topological polar surface area (TPSA) is 69.4 Å². The first-order valence-electron chi connectivity index (χ1n) is 8.80. The predicted octanol–water partition coefficient (Wildman–Crippen LogP) is 2.94. The SMILES string of the molecule is CCCCOc1ccccc1/C=c1\sc2nc(-c3cccnc3)nn2c1=O. The zero-order valence-electron chi connectivity index (χ0n) is 14.8. The van der Waals surface area contributed by atoms with Crippen LogP contribution in [-0.4, -0.2) is 26.2 Å². The van der Waals surface area contributed by atoms with Gasteiger partial charge in [-0.1, -0.05) is 42.9 Å². The lowest BCUT2D eigenvalue weighted by Crippen LogP contribution is -2.23. The Balaban J connectivity index is 1.72. The Morgan fingerprint density at radius 1 is 1.22 bits per heavy atom. The van der Waals surface area contributed by atoms with Crippen LogP contribution in [0.25, 0.3) is 22.4 Å². The maximum atomic E-state index is 12.7. The number of ether oxygens (including phenoxy) is 1. The van der Waals surface area contributed by atoms with Crippen LogP contribution in [-0.2, 0) is 0 Å². The largest absolute Gasteiger partial charge is 0.493 e. The van der Waals surface area contributed by atoms with Crippen LogP contribution in [0.15, 0.2) is 53.6 Å². The Labute approximate surface area is 159 Å². The fourth-order valence-electron chi connectivity index (χ4n) is 2.65. The number of nitrogens with zero attached hydrogens (tertiary/aromatic N) is 4. The fourth-order valence-corrected chi connectivity index (χ4v) is 3.55. The summed E-state index contributed by atoms with van der Waals surface area (Å²) in [5.74, 6) is 1.28. The van der Waals surface area contributed by atoms with Gasteiger partial charge in [-0.3, -0.25) is 9.78 Å². The third kappa shape index (κ3) is 3.59. The molecule has 0 aliphatic rings. The van der Waals surface area contributed by atoms with E-state index in [9.17, 15) is 4.79 Å². The summed E-state index contributed by atoms with van der Waals surface area (Å²) in [6, 6.07) is 11.4. The molecule has 0 aliphatic heterocycles. The van der Waals surface area contributed by atoms with Crippen molar-refractivity contribution < 1.29 is 4.74 Å². The molecule has 0 fully saturated rings. The van der Waals surface area contributed by atoms with Crippen LogP contribution in [0, 0.1) is 0 Å². The molecule has 0 spiro atoms. The molecule has 6 nitrogen and oxygen atoms in total. The van der Waals surface area contributed by atoms with Gasteiger partial charge in [0.1, 0.15) is 5.75 Å². The molecule has 136 valence electrons. The highest BCUT2D eigenvalue weighted by atomic mass is 32.1. The maximum Gasteiger partial charge on any atom is 0.291 e. The summed E-state index contributed by atoms with van der Waals surface area (Å²) < 4.78 is 7.77. The average Bonchev–Trinajstić information content (AvgIpc) is 3.24. The van der Waals surface area contributed by atoms with Crippen molar-refractivity contribution in [2.75, 3.05) is 6.61 Å². The number of rotatable bonds is 6. The van der Waals surface area contributed by atoms with Crippen LogP contribution < -0.4 is 14.8 Å². The summed E-state index contributed by atoms with van der Waals surface area (Å²) in [5, 5.41) is 4.34. The molecule has 7 heteroatoms. The van der Waals surface area contributed by atoms with Gasteiger partial charge >= 0.3 is 0 Å². The molecule has 0 atom stereocenters. The van der Waals surface area contributed by atoms with Gasteiger partial charge in [-0.15, -0.1) is 5.10 Å². The van der Waals surface area contributed by atoms with Crippen molar-refractivity contribution in [1.82, 2.24) is 19.6 Å². The van der Waals surface area contributed by atoms with Crippen LogP contribution >= 0.6 is 11.3 Å². The molecule has 0 N–H and O–H groups in total. The van der Waals surface area contributed by atoms with Gasteiger partial charge in [-0.2, -0.15) is 9.50 Å². The monoisotopic (exact) mass is 378 g/mol. The van der Waals surface area contributed by atoms with Gasteiger partial charge in [0, 0.05) is 23.5 Å². The minimum absolute atomic E-state index is 0.180. The molecule has 1 aromatic carbocycles. The molecule has 27 heavy (non-hydrogen) atoms. The van der Waals surface area contributed by atoms with E-state index < -0.39 is 0 Å². The Kier molecular flexibility index (Phi) is 4.93. The molecule has 0 aliphatic carbocycles. The molecule has 0 saturated carbocycles. The Hall–Kier alpha value is -3.06. The number of para-hydroxylation sites is 1. The average molecular weight is 378 g/mol. The summed E-state index contributed by atoms with van der Waals surface area (Å²) in [5.41, 5.74) is 1.48. The maximum absolute atomic E-state index is 12.7. The van der Waals surface area contributed by atoms with Crippen molar-refractivity contribution in [3.63, 3.8) is 0 Å². The van der Waals surface area contributed by atoms with Crippen molar-refractivity contribution in [2.24, 2.45) is 0 Å². The summed E-state index contributed by atoms with van der Waals surface area (Å²) >= 11 is 1.32. The smallest absolute Gasteiger partial charge is 0.291 e. The lowest BCUT2D eigenvalue weighted by atomic mass is 10.2. The van der Waals surface area contributed by atoms with Gasteiger partial charge in [0.25, 0.3) is 5.56 Å². The summed E-state index contributed by atoms with van der Waals surface area (Å²) in [6.45, 7) is 2.79. The van der Waals surface area contributed by atoms with Crippen LogP contribution in [0.2, 0.25) is 0 Å². The lowest BCUT2D eigenvalue weighted by Gasteiger charge is -2.07. The zero-order chi connectivity index (χ0) is 18.6. The number of benzene rings is 1. The molecule has 4 aromatic rings. The number of pyridine rings is 1.